The van der Waals surface area contributed by atoms with E-state index in [-0.39, 0.29) is 0 Å². The summed E-state index contributed by atoms with van der Waals surface area (Å²) < 4.78 is 0. The van der Waals surface area contributed by atoms with Gasteiger partial charge in [0, 0.05) is 6.04 Å². The van der Waals surface area contributed by atoms with Gasteiger partial charge in [-0.1, -0.05) is 30.3 Å². The molecule has 0 radical (unpaired) electrons. The van der Waals surface area contributed by atoms with Crippen LogP contribution in [-0.4, -0.2) is 25.5 Å². The molecule has 0 aliphatic carbocycles. The number of rotatable bonds is 4. The summed E-state index contributed by atoms with van der Waals surface area (Å²) in [5.74, 6) is 0. The zero-order valence-electron chi connectivity index (χ0n) is 8.40. The van der Waals surface area contributed by atoms with Crippen LogP contribution in [-0.2, 0) is 0 Å². The zero-order chi connectivity index (χ0) is 9.68. The average molecular weight is 178 g/mol. The molecule has 1 rings (SSSR count). The second-order valence-electron chi connectivity index (χ2n) is 3.47. The highest BCUT2D eigenvalue weighted by atomic mass is 15.1. The minimum Gasteiger partial charge on any atom is -0.330 e. The molecule has 0 fully saturated rings. The molecule has 0 unspecified atom stereocenters. The molecule has 0 heterocycles. The van der Waals surface area contributed by atoms with Crippen molar-refractivity contribution < 1.29 is 0 Å². The van der Waals surface area contributed by atoms with Gasteiger partial charge in [-0.15, -0.1) is 0 Å². The van der Waals surface area contributed by atoms with Gasteiger partial charge in [0.25, 0.3) is 0 Å². The second kappa shape index (κ2) is 5.00. The van der Waals surface area contributed by atoms with Gasteiger partial charge in [-0.25, -0.2) is 0 Å². The van der Waals surface area contributed by atoms with Gasteiger partial charge >= 0.3 is 0 Å². The number of nitrogens with zero attached hydrogens (tertiary/aromatic N) is 1. The Hall–Kier alpha value is -0.860. The first-order chi connectivity index (χ1) is 6.25. The van der Waals surface area contributed by atoms with Gasteiger partial charge in [0.2, 0.25) is 0 Å². The highest BCUT2D eigenvalue weighted by Crippen LogP contribution is 2.20. The second-order valence-corrected chi connectivity index (χ2v) is 3.47. The minimum atomic E-state index is 0.450. The predicted molar refractivity (Wildman–Crippen MR) is 56.5 cm³/mol. The van der Waals surface area contributed by atoms with Crippen molar-refractivity contribution in [2.75, 3.05) is 20.6 Å². The van der Waals surface area contributed by atoms with E-state index in [2.05, 4.69) is 43.3 Å². The van der Waals surface area contributed by atoms with Crippen LogP contribution < -0.4 is 5.73 Å². The van der Waals surface area contributed by atoms with Crippen LogP contribution in [0.4, 0.5) is 0 Å². The Labute approximate surface area is 80.4 Å². The topological polar surface area (TPSA) is 29.3 Å². The monoisotopic (exact) mass is 178 g/mol. The van der Waals surface area contributed by atoms with Crippen molar-refractivity contribution in [1.82, 2.24) is 4.90 Å². The van der Waals surface area contributed by atoms with E-state index in [1.54, 1.807) is 0 Å². The van der Waals surface area contributed by atoms with Crippen LogP contribution in [0.25, 0.3) is 0 Å². The van der Waals surface area contributed by atoms with Gasteiger partial charge in [0.05, 0.1) is 0 Å². The molecule has 1 aromatic carbocycles. The van der Waals surface area contributed by atoms with E-state index in [1.165, 1.54) is 5.56 Å². The summed E-state index contributed by atoms with van der Waals surface area (Å²) in [6, 6.07) is 10.9. The van der Waals surface area contributed by atoms with E-state index in [0.717, 1.165) is 13.0 Å². The van der Waals surface area contributed by atoms with Crippen LogP contribution in [0.2, 0.25) is 0 Å². The first-order valence-corrected chi connectivity index (χ1v) is 4.67. The van der Waals surface area contributed by atoms with Gasteiger partial charge in [-0.05, 0) is 32.6 Å². The van der Waals surface area contributed by atoms with Crippen LogP contribution >= 0.6 is 0 Å². The molecule has 1 aromatic rings. The fraction of sp³-hybridized carbons (Fsp3) is 0.455. The van der Waals surface area contributed by atoms with Crippen molar-refractivity contribution in [1.29, 1.82) is 0 Å². The lowest BCUT2D eigenvalue weighted by molar-refractivity contribution is 0.287. The number of benzene rings is 1. The largest absolute Gasteiger partial charge is 0.330 e. The molecule has 0 saturated carbocycles. The molecule has 72 valence electrons. The third-order valence-electron chi connectivity index (χ3n) is 2.25. The fourth-order valence-corrected chi connectivity index (χ4v) is 1.56. The number of hydrogen-bond acceptors (Lipinski definition) is 2. The third-order valence-corrected chi connectivity index (χ3v) is 2.25. The Balaban J connectivity index is 2.76. The molecule has 1 atom stereocenters. The maximum atomic E-state index is 5.58. The summed E-state index contributed by atoms with van der Waals surface area (Å²) in [6.07, 6.45) is 1.01. The Morgan fingerprint density at radius 2 is 1.85 bits per heavy atom. The highest BCUT2D eigenvalue weighted by Gasteiger charge is 2.11. The van der Waals surface area contributed by atoms with Gasteiger partial charge < -0.3 is 10.6 Å². The Kier molecular flexibility index (Phi) is 3.93. The van der Waals surface area contributed by atoms with Gasteiger partial charge in [0.1, 0.15) is 0 Å². The van der Waals surface area contributed by atoms with Crippen LogP contribution in [0.15, 0.2) is 30.3 Å². The molecule has 0 aliphatic heterocycles. The molecule has 2 N–H and O–H groups in total. The molecule has 0 saturated heterocycles. The quantitative estimate of drug-likeness (QED) is 0.759. The average Bonchev–Trinajstić information content (AvgIpc) is 2.15. The lowest BCUT2D eigenvalue weighted by Gasteiger charge is -2.24. The van der Waals surface area contributed by atoms with Crippen molar-refractivity contribution in [2.24, 2.45) is 5.73 Å². The highest BCUT2D eigenvalue weighted by molar-refractivity contribution is 5.18. The van der Waals surface area contributed by atoms with Crippen molar-refractivity contribution in [2.45, 2.75) is 12.5 Å². The number of hydrogen-bond donors (Lipinski definition) is 1. The van der Waals surface area contributed by atoms with E-state index in [1.807, 2.05) is 6.07 Å². The molecule has 0 aromatic heterocycles. The lowest BCUT2D eigenvalue weighted by atomic mass is 10.0. The maximum Gasteiger partial charge on any atom is 0.0354 e. The maximum absolute atomic E-state index is 5.58. The van der Waals surface area contributed by atoms with Crippen molar-refractivity contribution in [3.8, 4) is 0 Å². The molecule has 13 heavy (non-hydrogen) atoms. The standard InChI is InChI=1S/C11H18N2/c1-13(2)11(8-9-12)10-6-4-3-5-7-10/h3-7,11H,8-9,12H2,1-2H3/t11-/m1/s1. The first-order valence-electron chi connectivity index (χ1n) is 4.67. The minimum absolute atomic E-state index is 0.450. The van der Waals surface area contributed by atoms with E-state index < -0.39 is 0 Å². The van der Waals surface area contributed by atoms with Crippen LogP contribution in [0, 0.1) is 0 Å². The summed E-state index contributed by atoms with van der Waals surface area (Å²) in [6.45, 7) is 0.734. The molecule has 0 bridgehead atoms. The van der Waals surface area contributed by atoms with E-state index in [4.69, 9.17) is 5.73 Å². The fourth-order valence-electron chi connectivity index (χ4n) is 1.56. The smallest absolute Gasteiger partial charge is 0.0354 e. The zero-order valence-corrected chi connectivity index (χ0v) is 8.40. The van der Waals surface area contributed by atoms with E-state index >= 15 is 0 Å². The molecule has 2 nitrogen and oxygen atoms in total. The van der Waals surface area contributed by atoms with Crippen molar-refractivity contribution in [3.63, 3.8) is 0 Å². The van der Waals surface area contributed by atoms with Crippen LogP contribution in [0.5, 0.6) is 0 Å². The van der Waals surface area contributed by atoms with Crippen LogP contribution in [0.1, 0.15) is 18.0 Å². The molecular formula is C11H18N2. The molecular weight excluding hydrogens is 160 g/mol. The van der Waals surface area contributed by atoms with Crippen LogP contribution in [0.3, 0.4) is 0 Å². The van der Waals surface area contributed by atoms with Gasteiger partial charge in [-0.2, -0.15) is 0 Å². The molecule has 0 spiro atoms. The summed E-state index contributed by atoms with van der Waals surface area (Å²) in [4.78, 5) is 2.21. The van der Waals surface area contributed by atoms with Crippen molar-refractivity contribution >= 4 is 0 Å². The van der Waals surface area contributed by atoms with E-state index in [0.29, 0.717) is 6.04 Å². The third kappa shape index (κ3) is 2.83. The summed E-state index contributed by atoms with van der Waals surface area (Å²) >= 11 is 0. The van der Waals surface area contributed by atoms with Gasteiger partial charge in [0.15, 0.2) is 0 Å². The summed E-state index contributed by atoms with van der Waals surface area (Å²) in [5.41, 5.74) is 6.92. The normalized spacial score (nSPS) is 13.2. The van der Waals surface area contributed by atoms with E-state index in [9.17, 15) is 0 Å². The van der Waals surface area contributed by atoms with Gasteiger partial charge in [-0.3, -0.25) is 0 Å². The first kappa shape index (κ1) is 10.2. The van der Waals surface area contributed by atoms with Crippen molar-refractivity contribution in [3.05, 3.63) is 35.9 Å². The molecule has 2 heteroatoms. The predicted octanol–water partition coefficient (Wildman–Crippen LogP) is 1.64. The Bertz CT molecular complexity index is 231. The summed E-state index contributed by atoms with van der Waals surface area (Å²) in [5, 5.41) is 0. The molecule has 0 amide bonds. The molecule has 0 aliphatic rings. The number of nitrogens with two attached hydrogens (primary N) is 1. The Morgan fingerprint density at radius 3 is 2.31 bits per heavy atom. The SMILES string of the molecule is CN(C)[C@H](CCN)c1ccccc1. The summed E-state index contributed by atoms with van der Waals surface area (Å²) in [7, 11) is 4.18. The Morgan fingerprint density at radius 1 is 1.23 bits per heavy atom. The lowest BCUT2D eigenvalue weighted by Crippen LogP contribution is -2.22.